The molecule has 1 amide bonds. The van der Waals surface area contributed by atoms with E-state index in [0.29, 0.717) is 17.2 Å². The molecule has 1 fully saturated rings. The fraction of sp³-hybridized carbons (Fsp3) is 0.389. The molecule has 1 aliphatic rings. The van der Waals surface area contributed by atoms with E-state index in [2.05, 4.69) is 20.2 Å². The third-order valence-electron chi connectivity index (χ3n) is 4.68. The predicted molar refractivity (Wildman–Crippen MR) is 105 cm³/mol. The van der Waals surface area contributed by atoms with Crippen molar-refractivity contribution in [3.05, 3.63) is 34.6 Å². The number of hydrogen-bond acceptors (Lipinski definition) is 6. The van der Waals surface area contributed by atoms with E-state index in [1.165, 1.54) is 28.7 Å². The summed E-state index contributed by atoms with van der Waals surface area (Å²) in [6.07, 6.45) is 1.75. The van der Waals surface area contributed by atoms with Gasteiger partial charge < -0.3 is 10.2 Å². The minimum Gasteiger partial charge on any atom is -0.347 e. The first-order valence-electron chi connectivity index (χ1n) is 8.56. The zero-order chi connectivity index (χ0) is 18.3. The number of thiazole rings is 2. The van der Waals surface area contributed by atoms with Crippen molar-refractivity contribution in [3.63, 3.8) is 0 Å². The SMILES string of the molecule is Cc1nc(NC(=O)C2CCCN(c3nc4c(F)cccc4s3)C2)sc1C. The molecule has 2 aromatic heterocycles. The molecule has 8 heteroatoms. The highest BCUT2D eigenvalue weighted by Crippen LogP contribution is 2.33. The fourth-order valence-electron chi connectivity index (χ4n) is 3.14. The van der Waals surface area contributed by atoms with Crippen LogP contribution >= 0.6 is 22.7 Å². The summed E-state index contributed by atoms with van der Waals surface area (Å²) in [7, 11) is 0. The number of piperidine rings is 1. The van der Waals surface area contributed by atoms with Gasteiger partial charge in [-0.15, -0.1) is 11.3 Å². The number of fused-ring (bicyclic) bond motifs is 1. The van der Waals surface area contributed by atoms with E-state index in [1.807, 2.05) is 19.9 Å². The molecule has 0 saturated carbocycles. The monoisotopic (exact) mass is 390 g/mol. The third-order valence-corrected chi connectivity index (χ3v) is 6.75. The van der Waals surface area contributed by atoms with Crippen LogP contribution in [0, 0.1) is 25.6 Å². The molecule has 0 aliphatic carbocycles. The maximum atomic E-state index is 13.9. The zero-order valence-electron chi connectivity index (χ0n) is 14.6. The molecule has 0 bridgehead atoms. The van der Waals surface area contributed by atoms with Crippen molar-refractivity contribution in [2.75, 3.05) is 23.3 Å². The fourth-order valence-corrected chi connectivity index (χ4v) is 4.97. The summed E-state index contributed by atoms with van der Waals surface area (Å²) in [5, 5.41) is 4.38. The van der Waals surface area contributed by atoms with E-state index in [-0.39, 0.29) is 17.6 Å². The summed E-state index contributed by atoms with van der Waals surface area (Å²) in [5.41, 5.74) is 1.36. The van der Waals surface area contributed by atoms with Gasteiger partial charge in [0, 0.05) is 18.0 Å². The summed E-state index contributed by atoms with van der Waals surface area (Å²) in [4.78, 5) is 24.7. The minimum atomic E-state index is -0.300. The Morgan fingerprint density at radius 1 is 1.31 bits per heavy atom. The van der Waals surface area contributed by atoms with E-state index >= 15 is 0 Å². The van der Waals surface area contributed by atoms with Gasteiger partial charge in [-0.05, 0) is 38.8 Å². The lowest BCUT2D eigenvalue weighted by Crippen LogP contribution is -2.40. The van der Waals surface area contributed by atoms with Crippen molar-refractivity contribution < 1.29 is 9.18 Å². The first kappa shape index (κ1) is 17.4. The van der Waals surface area contributed by atoms with E-state index in [4.69, 9.17) is 0 Å². The molecular formula is C18H19FN4OS2. The average molecular weight is 391 g/mol. The second-order valence-electron chi connectivity index (χ2n) is 6.52. The number of aryl methyl sites for hydroxylation is 2. The molecule has 136 valence electrons. The Balaban J connectivity index is 1.49. The largest absolute Gasteiger partial charge is 0.347 e. The van der Waals surface area contributed by atoms with Gasteiger partial charge >= 0.3 is 0 Å². The average Bonchev–Trinajstić information content (AvgIpc) is 3.19. The Bertz CT molecular complexity index is 948. The number of hydrogen-bond donors (Lipinski definition) is 1. The molecule has 3 heterocycles. The minimum absolute atomic E-state index is 0.00394. The van der Waals surface area contributed by atoms with Gasteiger partial charge in [-0.2, -0.15) is 0 Å². The highest BCUT2D eigenvalue weighted by Gasteiger charge is 2.28. The van der Waals surface area contributed by atoms with Crippen LogP contribution in [-0.4, -0.2) is 29.0 Å². The van der Waals surface area contributed by atoms with Crippen molar-refractivity contribution in [2.45, 2.75) is 26.7 Å². The number of nitrogens with zero attached hydrogens (tertiary/aromatic N) is 3. The van der Waals surface area contributed by atoms with Crippen molar-refractivity contribution in [3.8, 4) is 0 Å². The van der Waals surface area contributed by atoms with Crippen molar-refractivity contribution in [1.29, 1.82) is 0 Å². The first-order valence-corrected chi connectivity index (χ1v) is 10.2. The molecule has 1 aromatic carbocycles. The Labute approximate surface area is 158 Å². The molecule has 1 aliphatic heterocycles. The van der Waals surface area contributed by atoms with E-state index in [9.17, 15) is 9.18 Å². The molecule has 3 aromatic rings. The number of nitrogens with one attached hydrogen (secondary N) is 1. The number of carbonyl (C=O) groups is 1. The maximum absolute atomic E-state index is 13.9. The number of benzene rings is 1. The normalized spacial score (nSPS) is 17.7. The van der Waals surface area contributed by atoms with Crippen LogP contribution in [0.3, 0.4) is 0 Å². The topological polar surface area (TPSA) is 58.1 Å². The second-order valence-corrected chi connectivity index (χ2v) is 8.73. The van der Waals surface area contributed by atoms with Gasteiger partial charge in [0.25, 0.3) is 0 Å². The lowest BCUT2D eigenvalue weighted by molar-refractivity contribution is -0.120. The summed E-state index contributed by atoms with van der Waals surface area (Å²) >= 11 is 2.97. The predicted octanol–water partition coefficient (Wildman–Crippen LogP) is 4.36. The van der Waals surface area contributed by atoms with E-state index < -0.39 is 0 Å². The number of amides is 1. The van der Waals surface area contributed by atoms with Gasteiger partial charge in [0.1, 0.15) is 11.3 Å². The van der Waals surface area contributed by atoms with Gasteiger partial charge in [0.05, 0.1) is 16.3 Å². The van der Waals surface area contributed by atoms with Crippen molar-refractivity contribution >= 4 is 49.1 Å². The standard InChI is InChI=1S/C18H19FN4OS2/c1-10-11(2)25-17(20-10)22-16(24)12-5-4-8-23(9-12)18-21-15-13(19)6-3-7-14(15)26-18/h3,6-7,12H,4-5,8-9H2,1-2H3,(H,20,22,24). The second kappa shape index (κ2) is 6.92. The Morgan fingerprint density at radius 2 is 2.15 bits per heavy atom. The smallest absolute Gasteiger partial charge is 0.231 e. The molecule has 5 nitrogen and oxygen atoms in total. The van der Waals surface area contributed by atoms with Crippen molar-refractivity contribution in [2.24, 2.45) is 5.92 Å². The van der Waals surface area contributed by atoms with Crippen LogP contribution in [0.2, 0.25) is 0 Å². The van der Waals surface area contributed by atoms with Gasteiger partial charge in [0.15, 0.2) is 10.3 Å². The highest BCUT2D eigenvalue weighted by molar-refractivity contribution is 7.22. The molecule has 4 rings (SSSR count). The number of halogens is 1. The molecule has 1 unspecified atom stereocenters. The summed E-state index contributed by atoms with van der Waals surface area (Å²) < 4.78 is 14.7. The van der Waals surface area contributed by atoms with E-state index in [1.54, 1.807) is 6.07 Å². The molecule has 0 spiro atoms. The van der Waals surface area contributed by atoms with Crippen LogP contribution < -0.4 is 10.2 Å². The van der Waals surface area contributed by atoms with Gasteiger partial charge in [0.2, 0.25) is 5.91 Å². The van der Waals surface area contributed by atoms with Crippen LogP contribution in [0.1, 0.15) is 23.4 Å². The summed E-state index contributed by atoms with van der Waals surface area (Å²) in [6, 6.07) is 5.00. The molecule has 0 radical (unpaired) electrons. The first-order chi connectivity index (χ1) is 12.5. The third kappa shape index (κ3) is 3.31. The van der Waals surface area contributed by atoms with Gasteiger partial charge in [-0.3, -0.25) is 4.79 Å². The Hall–Kier alpha value is -2.06. The van der Waals surface area contributed by atoms with E-state index in [0.717, 1.165) is 39.8 Å². The van der Waals surface area contributed by atoms with Crippen LogP contribution in [0.5, 0.6) is 0 Å². The van der Waals surface area contributed by atoms with Crippen LogP contribution in [0.4, 0.5) is 14.7 Å². The number of aromatic nitrogens is 2. The zero-order valence-corrected chi connectivity index (χ0v) is 16.2. The van der Waals surface area contributed by atoms with Crippen LogP contribution in [0.15, 0.2) is 18.2 Å². The highest BCUT2D eigenvalue weighted by atomic mass is 32.1. The number of anilines is 2. The van der Waals surface area contributed by atoms with Crippen LogP contribution in [0.25, 0.3) is 10.2 Å². The Kier molecular flexibility index (Phi) is 4.62. The van der Waals surface area contributed by atoms with Gasteiger partial charge in [-0.1, -0.05) is 17.4 Å². The molecule has 26 heavy (non-hydrogen) atoms. The molecule has 1 saturated heterocycles. The summed E-state index contributed by atoms with van der Waals surface area (Å²) in [6.45, 7) is 5.37. The molecular weight excluding hydrogens is 371 g/mol. The quantitative estimate of drug-likeness (QED) is 0.722. The number of rotatable bonds is 3. The lowest BCUT2D eigenvalue weighted by atomic mass is 9.97. The maximum Gasteiger partial charge on any atom is 0.231 e. The summed E-state index contributed by atoms with van der Waals surface area (Å²) in [5.74, 6) is -0.424. The van der Waals surface area contributed by atoms with Crippen LogP contribution in [-0.2, 0) is 4.79 Å². The van der Waals surface area contributed by atoms with Crippen molar-refractivity contribution in [1.82, 2.24) is 9.97 Å². The molecule has 1 N–H and O–H groups in total. The lowest BCUT2D eigenvalue weighted by Gasteiger charge is -2.31. The van der Waals surface area contributed by atoms with Gasteiger partial charge in [-0.25, -0.2) is 14.4 Å². The molecule has 1 atom stereocenters. The number of para-hydroxylation sites is 1. The Morgan fingerprint density at radius 3 is 2.88 bits per heavy atom. The number of carbonyl (C=O) groups excluding carboxylic acids is 1.